The first-order chi connectivity index (χ1) is 10.2. The predicted molar refractivity (Wildman–Crippen MR) is 85.1 cm³/mol. The van der Waals surface area contributed by atoms with Crippen LogP contribution in [0.2, 0.25) is 0 Å². The van der Waals surface area contributed by atoms with Crippen LogP contribution in [-0.2, 0) is 4.79 Å². The van der Waals surface area contributed by atoms with E-state index in [1.54, 1.807) is 0 Å². The number of aromatic amines is 1. The van der Waals surface area contributed by atoms with Crippen LogP contribution in [0, 0.1) is 6.92 Å². The van der Waals surface area contributed by atoms with E-state index in [9.17, 15) is 4.79 Å². The lowest BCUT2D eigenvalue weighted by atomic mass is 10.2. The van der Waals surface area contributed by atoms with E-state index >= 15 is 0 Å². The van der Waals surface area contributed by atoms with Crippen molar-refractivity contribution < 1.29 is 4.79 Å². The van der Waals surface area contributed by atoms with Crippen molar-refractivity contribution in [3.63, 3.8) is 0 Å². The quantitative estimate of drug-likeness (QED) is 0.718. The van der Waals surface area contributed by atoms with Gasteiger partial charge < -0.3 is 10.3 Å². The summed E-state index contributed by atoms with van der Waals surface area (Å²) < 4.78 is 0. The number of hydrogen-bond donors (Lipinski definition) is 2. The molecule has 0 aliphatic rings. The highest BCUT2D eigenvalue weighted by Gasteiger charge is 2.05. The van der Waals surface area contributed by atoms with Crippen LogP contribution in [0.3, 0.4) is 0 Å². The average molecular weight is 277 g/mol. The number of imidazole rings is 1. The van der Waals surface area contributed by atoms with Crippen LogP contribution >= 0.6 is 0 Å². The Hall–Kier alpha value is -2.88. The molecule has 2 N–H and O–H groups in total. The van der Waals surface area contributed by atoms with Crippen LogP contribution < -0.4 is 5.32 Å². The van der Waals surface area contributed by atoms with Gasteiger partial charge in [0.05, 0.1) is 11.0 Å². The Morgan fingerprint density at radius 2 is 2.00 bits per heavy atom. The number of carbonyl (C=O) groups is 1. The highest BCUT2D eigenvalue weighted by atomic mass is 16.1. The van der Waals surface area contributed by atoms with Gasteiger partial charge in [-0.25, -0.2) is 4.98 Å². The summed E-state index contributed by atoms with van der Waals surface area (Å²) in [6.45, 7) is 5.48. The van der Waals surface area contributed by atoms with Crippen LogP contribution in [0.15, 0.2) is 55.1 Å². The van der Waals surface area contributed by atoms with E-state index in [0.29, 0.717) is 0 Å². The molecule has 2 aromatic carbocycles. The number of H-pyrrole nitrogens is 1. The first-order valence-corrected chi connectivity index (χ1v) is 6.66. The zero-order valence-electron chi connectivity index (χ0n) is 11.7. The number of amides is 1. The summed E-state index contributed by atoms with van der Waals surface area (Å²) in [5.74, 6) is 0.596. The van der Waals surface area contributed by atoms with E-state index < -0.39 is 0 Å². The van der Waals surface area contributed by atoms with Crippen molar-refractivity contribution >= 4 is 22.6 Å². The first-order valence-electron chi connectivity index (χ1n) is 6.66. The van der Waals surface area contributed by atoms with E-state index in [1.165, 1.54) is 11.6 Å². The highest BCUT2D eigenvalue weighted by Crippen LogP contribution is 2.22. The summed E-state index contributed by atoms with van der Waals surface area (Å²) in [5.41, 5.74) is 4.87. The Kier molecular flexibility index (Phi) is 3.28. The smallest absolute Gasteiger partial charge is 0.247 e. The number of aromatic nitrogens is 2. The third-order valence-corrected chi connectivity index (χ3v) is 3.25. The molecule has 0 radical (unpaired) electrons. The maximum atomic E-state index is 11.2. The van der Waals surface area contributed by atoms with Crippen LogP contribution in [0.25, 0.3) is 22.4 Å². The molecule has 21 heavy (non-hydrogen) atoms. The highest BCUT2D eigenvalue weighted by molar-refractivity contribution is 5.99. The number of aryl methyl sites for hydroxylation is 1. The Morgan fingerprint density at radius 1 is 1.24 bits per heavy atom. The molecular weight excluding hydrogens is 262 g/mol. The summed E-state index contributed by atoms with van der Waals surface area (Å²) in [6, 6.07) is 13.6. The Labute approximate surface area is 122 Å². The van der Waals surface area contributed by atoms with Gasteiger partial charge in [0.25, 0.3) is 0 Å². The maximum absolute atomic E-state index is 11.2. The summed E-state index contributed by atoms with van der Waals surface area (Å²) >= 11 is 0. The fraction of sp³-hybridized carbons (Fsp3) is 0.0588. The molecule has 0 aliphatic heterocycles. The topological polar surface area (TPSA) is 57.8 Å². The number of anilines is 1. The SMILES string of the molecule is C=CC(=O)Nc1ccc(-c2nc3ccc(C)cc3[nH]2)cc1. The third kappa shape index (κ3) is 2.69. The van der Waals surface area contributed by atoms with Gasteiger partial charge in [-0.05, 0) is 55.0 Å². The number of nitrogens with one attached hydrogen (secondary N) is 2. The second-order valence-electron chi connectivity index (χ2n) is 4.88. The zero-order chi connectivity index (χ0) is 14.8. The summed E-state index contributed by atoms with van der Waals surface area (Å²) in [5, 5.41) is 2.72. The summed E-state index contributed by atoms with van der Waals surface area (Å²) in [7, 11) is 0. The minimum Gasteiger partial charge on any atom is -0.338 e. The first kappa shape index (κ1) is 13.1. The molecule has 0 saturated carbocycles. The molecule has 1 heterocycles. The molecule has 4 heteroatoms. The lowest BCUT2D eigenvalue weighted by Gasteiger charge is -2.02. The number of fused-ring (bicyclic) bond motifs is 1. The number of hydrogen-bond acceptors (Lipinski definition) is 2. The number of benzene rings is 2. The maximum Gasteiger partial charge on any atom is 0.247 e. The van der Waals surface area contributed by atoms with E-state index in [2.05, 4.69) is 34.9 Å². The predicted octanol–water partition coefficient (Wildman–Crippen LogP) is 3.66. The minimum absolute atomic E-state index is 0.220. The second kappa shape index (κ2) is 5.25. The van der Waals surface area contributed by atoms with Crippen molar-refractivity contribution in [3.8, 4) is 11.4 Å². The Morgan fingerprint density at radius 3 is 2.71 bits per heavy atom. The molecule has 0 aliphatic carbocycles. The van der Waals surface area contributed by atoms with E-state index in [-0.39, 0.29) is 5.91 Å². The summed E-state index contributed by atoms with van der Waals surface area (Å²) in [4.78, 5) is 19.1. The van der Waals surface area contributed by atoms with E-state index in [0.717, 1.165) is 28.1 Å². The zero-order valence-corrected chi connectivity index (χ0v) is 11.7. The van der Waals surface area contributed by atoms with Crippen molar-refractivity contribution in [1.29, 1.82) is 0 Å². The third-order valence-electron chi connectivity index (χ3n) is 3.25. The monoisotopic (exact) mass is 277 g/mol. The van der Waals surface area contributed by atoms with Gasteiger partial charge in [0.15, 0.2) is 0 Å². The molecule has 3 aromatic rings. The number of carbonyl (C=O) groups excluding carboxylic acids is 1. The standard InChI is InChI=1S/C17H15N3O/c1-3-16(21)18-13-7-5-12(6-8-13)17-19-14-9-4-11(2)10-15(14)20-17/h3-10H,1H2,2H3,(H,18,21)(H,19,20). The van der Waals surface area contributed by atoms with Gasteiger partial charge in [0.1, 0.15) is 5.82 Å². The summed E-state index contributed by atoms with van der Waals surface area (Å²) in [6.07, 6.45) is 1.25. The largest absolute Gasteiger partial charge is 0.338 e. The molecule has 104 valence electrons. The molecule has 1 aromatic heterocycles. The molecule has 3 rings (SSSR count). The Balaban J connectivity index is 1.91. The molecule has 0 spiro atoms. The van der Waals surface area contributed by atoms with Crippen LogP contribution in [-0.4, -0.2) is 15.9 Å². The minimum atomic E-state index is -0.220. The molecule has 0 fully saturated rings. The fourth-order valence-corrected chi connectivity index (χ4v) is 2.16. The molecule has 0 bridgehead atoms. The number of rotatable bonds is 3. The van der Waals surface area contributed by atoms with Gasteiger partial charge in [-0.15, -0.1) is 0 Å². The fourth-order valence-electron chi connectivity index (χ4n) is 2.16. The van der Waals surface area contributed by atoms with E-state index in [4.69, 9.17) is 0 Å². The lowest BCUT2D eigenvalue weighted by Crippen LogP contribution is -2.06. The van der Waals surface area contributed by atoms with Gasteiger partial charge in [-0.2, -0.15) is 0 Å². The molecule has 4 nitrogen and oxygen atoms in total. The molecule has 1 amide bonds. The van der Waals surface area contributed by atoms with Gasteiger partial charge in [-0.3, -0.25) is 4.79 Å². The molecule has 0 atom stereocenters. The molecule has 0 saturated heterocycles. The van der Waals surface area contributed by atoms with Crippen LogP contribution in [0.1, 0.15) is 5.56 Å². The normalized spacial score (nSPS) is 10.5. The van der Waals surface area contributed by atoms with Crippen molar-refractivity contribution in [1.82, 2.24) is 9.97 Å². The van der Waals surface area contributed by atoms with Gasteiger partial charge >= 0.3 is 0 Å². The molecular formula is C17H15N3O. The average Bonchev–Trinajstić information content (AvgIpc) is 2.90. The molecule has 0 unspecified atom stereocenters. The van der Waals surface area contributed by atoms with Crippen molar-refractivity contribution in [2.45, 2.75) is 6.92 Å². The van der Waals surface area contributed by atoms with Crippen LogP contribution in [0.4, 0.5) is 5.69 Å². The Bertz CT molecular complexity index is 816. The van der Waals surface area contributed by atoms with Gasteiger partial charge in [0.2, 0.25) is 5.91 Å². The van der Waals surface area contributed by atoms with Gasteiger partial charge in [0, 0.05) is 11.3 Å². The van der Waals surface area contributed by atoms with Crippen molar-refractivity contribution in [2.24, 2.45) is 0 Å². The van der Waals surface area contributed by atoms with Crippen molar-refractivity contribution in [2.75, 3.05) is 5.32 Å². The van der Waals surface area contributed by atoms with E-state index in [1.807, 2.05) is 36.4 Å². The number of nitrogens with zero attached hydrogens (tertiary/aromatic N) is 1. The lowest BCUT2D eigenvalue weighted by molar-refractivity contribution is -0.111. The van der Waals surface area contributed by atoms with Gasteiger partial charge in [-0.1, -0.05) is 12.6 Å². The van der Waals surface area contributed by atoms with Crippen molar-refractivity contribution in [3.05, 3.63) is 60.7 Å². The second-order valence-corrected chi connectivity index (χ2v) is 4.88. The van der Waals surface area contributed by atoms with Crippen LogP contribution in [0.5, 0.6) is 0 Å².